The van der Waals surface area contributed by atoms with Crippen LogP contribution >= 0.6 is 0 Å². The zero-order chi connectivity index (χ0) is 18.4. The minimum atomic E-state index is -3.02. The van der Waals surface area contributed by atoms with Gasteiger partial charge in [0.05, 0.1) is 9.04 Å². The first-order valence-corrected chi connectivity index (χ1v) is 5.73. The molecule has 0 saturated heterocycles. The number of fused-ring (bicyclic) bond motifs is 1. The van der Waals surface area contributed by atoms with E-state index in [1.807, 2.05) is 0 Å². The van der Waals surface area contributed by atoms with Crippen molar-refractivity contribution < 1.29 is 12.0 Å². The third-order valence-corrected chi connectivity index (χ3v) is 2.90. The van der Waals surface area contributed by atoms with Crippen LogP contribution in [0.25, 0.3) is 11.2 Å². The van der Waals surface area contributed by atoms with Crippen molar-refractivity contribution in [2.24, 2.45) is 14.1 Å². The molecule has 0 amide bonds. The molecule has 0 aliphatic carbocycles. The summed E-state index contributed by atoms with van der Waals surface area (Å²) in [5.41, 5.74) is -1.12. The highest BCUT2D eigenvalue weighted by Gasteiger charge is 2.14. The van der Waals surface area contributed by atoms with Crippen LogP contribution in [0.4, 0.5) is 0 Å². The summed E-state index contributed by atoms with van der Waals surface area (Å²) < 4.78 is 40.0. The second-order valence-electron chi connectivity index (χ2n) is 4.13. The van der Waals surface area contributed by atoms with Gasteiger partial charge in [0.2, 0.25) is 0 Å². The van der Waals surface area contributed by atoms with Crippen LogP contribution in [0.2, 0.25) is 0 Å². The number of aromatic nitrogens is 4. The molecule has 0 fully saturated rings. The van der Waals surface area contributed by atoms with Crippen LogP contribution < -0.4 is 11.2 Å². The van der Waals surface area contributed by atoms with Crippen molar-refractivity contribution in [2.75, 3.05) is 6.56 Å². The lowest BCUT2D eigenvalue weighted by Crippen LogP contribution is -2.39. The van der Waals surface area contributed by atoms with E-state index in [2.05, 4.69) is 4.98 Å². The van der Waals surface area contributed by atoms with Gasteiger partial charge in [-0.15, -0.1) is 0 Å². The van der Waals surface area contributed by atoms with E-state index in [1.54, 1.807) is 0 Å². The first kappa shape index (κ1) is 8.31. The molecule has 19 heavy (non-hydrogen) atoms. The monoisotopic (exact) mass is 271 g/mol. The van der Waals surface area contributed by atoms with E-state index >= 15 is 0 Å². The van der Waals surface area contributed by atoms with Crippen LogP contribution in [0.15, 0.2) is 15.9 Å². The third-order valence-electron chi connectivity index (χ3n) is 2.90. The van der Waals surface area contributed by atoms with Crippen molar-refractivity contribution in [3.05, 3.63) is 27.1 Å². The van der Waals surface area contributed by atoms with Gasteiger partial charge < -0.3 is 9.67 Å². The van der Waals surface area contributed by atoms with E-state index in [0.717, 1.165) is 9.13 Å². The Labute approximate surface area is 116 Å². The fourth-order valence-electron chi connectivity index (χ4n) is 1.91. The third kappa shape index (κ3) is 2.33. The molecule has 7 heteroatoms. The maximum Gasteiger partial charge on any atom is 0.332 e. The van der Waals surface area contributed by atoms with Crippen molar-refractivity contribution in [1.29, 1.82) is 0 Å². The minimum absolute atomic E-state index is 0.0285. The molecule has 0 bridgehead atoms. The molecule has 0 spiro atoms. The maximum atomic E-state index is 12.5. The van der Waals surface area contributed by atoms with Gasteiger partial charge in [-0.25, -0.2) is 9.78 Å². The van der Waals surface area contributed by atoms with Crippen molar-refractivity contribution in [3.8, 4) is 0 Å². The topological polar surface area (TPSA) is 82.1 Å². The van der Waals surface area contributed by atoms with Gasteiger partial charge in [0.15, 0.2) is 11.2 Å². The molecule has 0 radical (unpaired) electrons. The second kappa shape index (κ2) is 5.40. The Hall–Kier alpha value is -1.89. The summed E-state index contributed by atoms with van der Waals surface area (Å²) in [5.74, 6) is 0. The van der Waals surface area contributed by atoms with Crippen molar-refractivity contribution in [2.45, 2.75) is 25.8 Å². The van der Waals surface area contributed by atoms with Crippen LogP contribution in [0.3, 0.4) is 0 Å². The Balaban J connectivity index is 2.39. The fourth-order valence-corrected chi connectivity index (χ4v) is 1.91. The Morgan fingerprint density at radius 3 is 2.84 bits per heavy atom. The number of hydrogen-bond donors (Lipinski definition) is 1. The molecule has 0 atom stereocenters. The highest BCUT2D eigenvalue weighted by molar-refractivity contribution is 5.69. The zero-order valence-corrected chi connectivity index (χ0v) is 10.7. The standard InChI is InChI=1S/C12H18N4O3/c1-14-8-13-10-9(14)11(18)16(12(19)15(10)2)6-4-3-5-7-17/h8,17H,3-7H2,1-2H3/i5D2,7D2,8D. The van der Waals surface area contributed by atoms with Gasteiger partial charge >= 0.3 is 5.69 Å². The predicted molar refractivity (Wildman–Crippen MR) is 71.2 cm³/mol. The Kier molecular flexibility index (Phi) is 2.36. The quantitative estimate of drug-likeness (QED) is 0.802. The number of aliphatic hydroxyl groups is 1. The van der Waals surface area contributed by atoms with Crippen LogP contribution in [0.1, 0.15) is 26.1 Å². The molecule has 2 aromatic heterocycles. The minimum Gasteiger partial charge on any atom is -0.396 e. The number of hydrogen-bond acceptors (Lipinski definition) is 4. The summed E-state index contributed by atoms with van der Waals surface area (Å²) in [6.07, 6.45) is -3.08. The molecule has 0 saturated carbocycles. The maximum absolute atomic E-state index is 12.5. The van der Waals surface area contributed by atoms with Gasteiger partial charge in [-0.05, 0) is 19.2 Å². The normalized spacial score (nSPS) is 16.7. The van der Waals surface area contributed by atoms with Gasteiger partial charge in [-0.3, -0.25) is 13.9 Å². The van der Waals surface area contributed by atoms with Crippen molar-refractivity contribution in [3.63, 3.8) is 0 Å². The molecule has 0 aliphatic rings. The molecular weight excluding hydrogens is 248 g/mol. The van der Waals surface area contributed by atoms with Gasteiger partial charge in [0.1, 0.15) is 1.37 Å². The van der Waals surface area contributed by atoms with Crippen LogP contribution in [-0.2, 0) is 20.6 Å². The Morgan fingerprint density at radius 2 is 2.16 bits per heavy atom. The molecule has 1 N–H and O–H groups in total. The first-order valence-electron chi connectivity index (χ1n) is 8.23. The lowest BCUT2D eigenvalue weighted by molar-refractivity contribution is 0.281. The molecule has 2 heterocycles. The molecule has 7 nitrogen and oxygen atoms in total. The van der Waals surface area contributed by atoms with Gasteiger partial charge in [-0.2, -0.15) is 0 Å². The molecule has 2 aromatic rings. The van der Waals surface area contributed by atoms with E-state index in [-0.39, 0.29) is 36.9 Å². The van der Waals surface area contributed by atoms with E-state index in [9.17, 15) is 9.59 Å². The molecular formula is C12H18N4O3. The van der Waals surface area contributed by atoms with Crippen LogP contribution in [-0.4, -0.2) is 30.4 Å². The predicted octanol–water partition coefficient (Wildman–Crippen LogP) is -0.404. The number of aryl methyl sites for hydroxylation is 2. The second-order valence-corrected chi connectivity index (χ2v) is 4.13. The summed E-state index contributed by atoms with van der Waals surface area (Å²) in [6, 6.07) is 0. The fraction of sp³-hybridized carbons (Fsp3) is 0.583. The first-order chi connectivity index (χ1) is 10.9. The lowest BCUT2D eigenvalue weighted by Gasteiger charge is -2.08. The number of rotatable bonds is 5. The Morgan fingerprint density at radius 1 is 1.42 bits per heavy atom. The number of imidazole rings is 1. The van der Waals surface area contributed by atoms with Gasteiger partial charge in [0, 0.05) is 29.9 Å². The van der Waals surface area contributed by atoms with E-state index in [1.165, 1.54) is 18.7 Å². The molecule has 104 valence electrons. The van der Waals surface area contributed by atoms with E-state index < -0.39 is 24.2 Å². The highest BCUT2D eigenvalue weighted by atomic mass is 16.3. The zero-order valence-electron chi connectivity index (χ0n) is 15.7. The summed E-state index contributed by atoms with van der Waals surface area (Å²) in [6.45, 7) is -3.16. The molecule has 0 unspecified atom stereocenters. The van der Waals surface area contributed by atoms with Crippen molar-refractivity contribution >= 4 is 11.2 Å². The Bertz CT molecular complexity index is 893. The van der Waals surface area contributed by atoms with Crippen molar-refractivity contribution in [1.82, 2.24) is 18.7 Å². The lowest BCUT2D eigenvalue weighted by atomic mass is 10.2. The highest BCUT2D eigenvalue weighted by Crippen LogP contribution is 2.03. The summed E-state index contributed by atoms with van der Waals surface area (Å²) >= 11 is 0. The van der Waals surface area contributed by atoms with Crippen LogP contribution in [0, 0.1) is 0 Å². The van der Waals surface area contributed by atoms with E-state index in [0.29, 0.717) is 0 Å². The van der Waals surface area contributed by atoms with E-state index in [4.69, 9.17) is 12.0 Å². The molecule has 2 rings (SSSR count). The smallest absolute Gasteiger partial charge is 0.332 e. The van der Waals surface area contributed by atoms with Crippen LogP contribution in [0.5, 0.6) is 0 Å². The largest absolute Gasteiger partial charge is 0.396 e. The molecule has 0 aliphatic heterocycles. The molecule has 0 aromatic carbocycles. The van der Waals surface area contributed by atoms with Gasteiger partial charge in [-0.1, -0.05) is 0 Å². The SMILES string of the molecule is [2H]c1nc2c(c(=O)n(CCCC([2H])([2H])C([2H])([2H])O)c(=O)n2C)n1C. The van der Waals surface area contributed by atoms with Gasteiger partial charge in [0.25, 0.3) is 5.56 Å². The summed E-state index contributed by atoms with van der Waals surface area (Å²) in [4.78, 5) is 28.6. The summed E-state index contributed by atoms with van der Waals surface area (Å²) in [7, 11) is 2.89. The average Bonchev–Trinajstić information content (AvgIpc) is 2.75. The average molecular weight is 271 g/mol. The number of nitrogens with zero attached hydrogens (tertiary/aromatic N) is 4. The summed E-state index contributed by atoms with van der Waals surface area (Å²) in [5, 5.41) is 9.17.